The van der Waals surface area contributed by atoms with Crippen molar-refractivity contribution in [1.29, 1.82) is 0 Å². The van der Waals surface area contributed by atoms with Gasteiger partial charge in [-0.15, -0.1) is 6.58 Å². The van der Waals surface area contributed by atoms with E-state index < -0.39 is 0 Å². The summed E-state index contributed by atoms with van der Waals surface area (Å²) < 4.78 is 5.52. The van der Waals surface area contributed by atoms with E-state index in [1.54, 1.807) is 6.08 Å². The van der Waals surface area contributed by atoms with Gasteiger partial charge in [-0.3, -0.25) is 0 Å². The number of urea groups is 1. The first-order valence-electron chi connectivity index (χ1n) is 8.75. The molecule has 1 aliphatic rings. The highest BCUT2D eigenvalue weighted by molar-refractivity contribution is 5.89. The van der Waals surface area contributed by atoms with Crippen molar-refractivity contribution >= 4 is 11.7 Å². The van der Waals surface area contributed by atoms with Crippen molar-refractivity contribution in [2.24, 2.45) is 5.92 Å². The molecule has 1 N–H and O–H groups in total. The number of ether oxygens (including phenoxy) is 1. The second-order valence-corrected chi connectivity index (χ2v) is 7.51. The Morgan fingerprint density at radius 1 is 1.29 bits per heavy atom. The Morgan fingerprint density at radius 2 is 1.92 bits per heavy atom. The fourth-order valence-corrected chi connectivity index (χ4v) is 2.88. The van der Waals surface area contributed by atoms with Crippen LogP contribution in [0, 0.1) is 5.92 Å². The maximum Gasteiger partial charge on any atom is 0.321 e. The van der Waals surface area contributed by atoms with E-state index in [0.29, 0.717) is 12.5 Å². The number of hydrogen-bond donors (Lipinski definition) is 1. The molecule has 24 heavy (non-hydrogen) atoms. The summed E-state index contributed by atoms with van der Waals surface area (Å²) in [6.07, 6.45) is 3.76. The molecule has 4 nitrogen and oxygen atoms in total. The average Bonchev–Trinajstić information content (AvgIpc) is 2.55. The summed E-state index contributed by atoms with van der Waals surface area (Å²) >= 11 is 0. The van der Waals surface area contributed by atoms with Crippen LogP contribution in [0.4, 0.5) is 10.5 Å². The normalized spacial score (nSPS) is 16.0. The molecule has 4 heteroatoms. The largest absolute Gasteiger partial charge is 0.377 e. The molecular weight excluding hydrogens is 300 g/mol. The molecule has 0 saturated carbocycles. The van der Waals surface area contributed by atoms with Crippen LogP contribution in [0.2, 0.25) is 0 Å². The molecule has 0 radical (unpaired) electrons. The number of carbonyl (C=O) groups is 1. The topological polar surface area (TPSA) is 41.6 Å². The van der Waals surface area contributed by atoms with E-state index in [9.17, 15) is 4.79 Å². The number of nitrogens with zero attached hydrogens (tertiary/aromatic N) is 1. The second kappa shape index (κ2) is 8.34. The van der Waals surface area contributed by atoms with Crippen LogP contribution in [0.5, 0.6) is 0 Å². The van der Waals surface area contributed by atoms with Gasteiger partial charge < -0.3 is 15.0 Å². The van der Waals surface area contributed by atoms with Crippen molar-refractivity contribution < 1.29 is 9.53 Å². The van der Waals surface area contributed by atoms with Crippen molar-refractivity contribution in [3.8, 4) is 0 Å². The molecule has 1 saturated heterocycles. The van der Waals surface area contributed by atoms with Gasteiger partial charge in [0.15, 0.2) is 0 Å². The first kappa shape index (κ1) is 18.5. The van der Waals surface area contributed by atoms with E-state index in [1.807, 2.05) is 17.0 Å². The van der Waals surface area contributed by atoms with Crippen LogP contribution in [0.15, 0.2) is 36.9 Å². The molecule has 1 aliphatic heterocycles. The number of rotatable bonds is 5. The zero-order chi connectivity index (χ0) is 17.6. The lowest BCUT2D eigenvalue weighted by Gasteiger charge is -2.31. The molecule has 2 rings (SSSR count). The summed E-state index contributed by atoms with van der Waals surface area (Å²) in [7, 11) is 0. The van der Waals surface area contributed by atoms with Gasteiger partial charge in [0, 0.05) is 25.4 Å². The number of amides is 2. The van der Waals surface area contributed by atoms with Crippen LogP contribution in [-0.4, -0.2) is 37.2 Å². The van der Waals surface area contributed by atoms with Gasteiger partial charge in [0.1, 0.15) is 0 Å². The Labute approximate surface area is 145 Å². The fourth-order valence-electron chi connectivity index (χ4n) is 2.88. The predicted octanol–water partition coefficient (Wildman–Crippen LogP) is 4.43. The first-order valence-corrected chi connectivity index (χ1v) is 8.75. The fraction of sp³-hybridized carbons (Fsp3) is 0.550. The molecule has 132 valence electrons. The SMILES string of the molecule is C=CCOCC1CCN(C(=O)Nc2ccc(C(C)(C)C)cc2)CC1. The minimum absolute atomic E-state index is 0.0102. The van der Waals surface area contributed by atoms with Crippen molar-refractivity contribution in [1.82, 2.24) is 4.90 Å². The molecule has 0 aliphatic carbocycles. The molecule has 1 heterocycles. The van der Waals surface area contributed by atoms with Gasteiger partial charge in [-0.05, 0) is 41.9 Å². The van der Waals surface area contributed by atoms with Crippen molar-refractivity contribution in [2.45, 2.75) is 39.0 Å². The molecule has 0 atom stereocenters. The molecular formula is C20H30N2O2. The van der Waals surface area contributed by atoms with Gasteiger partial charge in [-0.1, -0.05) is 39.0 Å². The highest BCUT2D eigenvalue weighted by atomic mass is 16.5. The number of carbonyl (C=O) groups excluding carboxylic acids is 1. The third-order valence-electron chi connectivity index (χ3n) is 4.49. The Hall–Kier alpha value is -1.81. The van der Waals surface area contributed by atoms with Crippen LogP contribution in [0.1, 0.15) is 39.2 Å². The monoisotopic (exact) mass is 330 g/mol. The van der Waals surface area contributed by atoms with Gasteiger partial charge in [0.05, 0.1) is 6.61 Å². The molecule has 0 spiro atoms. The third-order valence-corrected chi connectivity index (χ3v) is 4.49. The number of likely N-dealkylation sites (tertiary alicyclic amines) is 1. The molecule has 0 unspecified atom stereocenters. The lowest BCUT2D eigenvalue weighted by atomic mass is 9.87. The van der Waals surface area contributed by atoms with Gasteiger partial charge in [0.25, 0.3) is 0 Å². The van der Waals surface area contributed by atoms with Gasteiger partial charge in [-0.2, -0.15) is 0 Å². The summed E-state index contributed by atoms with van der Waals surface area (Å²) in [6.45, 7) is 13.1. The maximum absolute atomic E-state index is 12.4. The van der Waals surface area contributed by atoms with Crippen LogP contribution >= 0.6 is 0 Å². The Balaban J connectivity index is 1.80. The first-order chi connectivity index (χ1) is 11.4. The number of anilines is 1. The molecule has 1 fully saturated rings. The van der Waals surface area contributed by atoms with Crippen LogP contribution in [0.25, 0.3) is 0 Å². The average molecular weight is 330 g/mol. The van der Waals surface area contributed by atoms with E-state index in [1.165, 1.54) is 5.56 Å². The molecule has 1 aromatic carbocycles. The molecule has 0 aromatic heterocycles. The standard InChI is InChI=1S/C20H30N2O2/c1-5-14-24-15-16-10-12-22(13-11-16)19(23)21-18-8-6-17(7-9-18)20(2,3)4/h5-9,16H,1,10-15H2,2-4H3,(H,21,23). The summed E-state index contributed by atoms with van der Waals surface area (Å²) in [4.78, 5) is 14.3. The summed E-state index contributed by atoms with van der Waals surface area (Å²) in [5, 5.41) is 3.00. The quantitative estimate of drug-likeness (QED) is 0.641. The van der Waals surface area contributed by atoms with Gasteiger partial charge in [-0.25, -0.2) is 4.79 Å². The Morgan fingerprint density at radius 3 is 2.46 bits per heavy atom. The minimum Gasteiger partial charge on any atom is -0.377 e. The lowest BCUT2D eigenvalue weighted by molar-refractivity contribution is 0.0906. The molecule has 2 amide bonds. The zero-order valence-electron chi connectivity index (χ0n) is 15.2. The minimum atomic E-state index is -0.0102. The van der Waals surface area contributed by atoms with Crippen LogP contribution in [-0.2, 0) is 10.2 Å². The Kier molecular flexibility index (Phi) is 6.44. The second-order valence-electron chi connectivity index (χ2n) is 7.51. The van der Waals surface area contributed by atoms with Gasteiger partial charge in [0.2, 0.25) is 0 Å². The van der Waals surface area contributed by atoms with E-state index in [-0.39, 0.29) is 11.4 Å². The van der Waals surface area contributed by atoms with E-state index in [4.69, 9.17) is 4.74 Å². The Bertz CT molecular complexity index is 538. The predicted molar refractivity (Wildman–Crippen MR) is 99.5 cm³/mol. The smallest absolute Gasteiger partial charge is 0.321 e. The van der Waals surface area contributed by atoms with E-state index >= 15 is 0 Å². The summed E-state index contributed by atoms with van der Waals surface area (Å²) in [5.74, 6) is 0.542. The van der Waals surface area contributed by atoms with E-state index in [0.717, 1.165) is 38.2 Å². The highest BCUT2D eigenvalue weighted by Crippen LogP contribution is 2.24. The summed E-state index contributed by atoms with van der Waals surface area (Å²) in [6, 6.07) is 8.12. The van der Waals surface area contributed by atoms with Gasteiger partial charge >= 0.3 is 6.03 Å². The molecule has 0 bridgehead atoms. The van der Waals surface area contributed by atoms with E-state index in [2.05, 4.69) is 44.8 Å². The zero-order valence-corrected chi connectivity index (χ0v) is 15.2. The highest BCUT2D eigenvalue weighted by Gasteiger charge is 2.23. The number of piperidine rings is 1. The number of hydrogen-bond acceptors (Lipinski definition) is 2. The third kappa shape index (κ3) is 5.38. The lowest BCUT2D eigenvalue weighted by Crippen LogP contribution is -2.41. The number of nitrogens with one attached hydrogen (secondary N) is 1. The molecule has 1 aromatic rings. The maximum atomic E-state index is 12.4. The summed E-state index contributed by atoms with van der Waals surface area (Å²) in [5.41, 5.74) is 2.24. The van der Waals surface area contributed by atoms with Crippen molar-refractivity contribution in [3.05, 3.63) is 42.5 Å². The van der Waals surface area contributed by atoms with Crippen molar-refractivity contribution in [3.63, 3.8) is 0 Å². The number of benzene rings is 1. The van der Waals surface area contributed by atoms with Crippen LogP contribution in [0.3, 0.4) is 0 Å². The van der Waals surface area contributed by atoms with Crippen molar-refractivity contribution in [2.75, 3.05) is 31.6 Å². The van der Waals surface area contributed by atoms with Crippen LogP contribution < -0.4 is 5.32 Å².